The van der Waals surface area contributed by atoms with E-state index >= 15 is 0 Å². The number of anilines is 2. The molecule has 0 heterocycles. The zero-order valence-corrected chi connectivity index (χ0v) is 9.25. The molecule has 0 atom stereocenters. The van der Waals surface area contributed by atoms with Gasteiger partial charge in [0, 0.05) is 12.2 Å². The molecule has 0 fully saturated rings. The minimum absolute atomic E-state index is 0.585. The summed E-state index contributed by atoms with van der Waals surface area (Å²) in [4.78, 5) is 3.32. The van der Waals surface area contributed by atoms with Gasteiger partial charge in [-0.25, -0.2) is 4.85 Å². The molecule has 3 N–H and O–H groups in total. The van der Waals surface area contributed by atoms with E-state index < -0.39 is 0 Å². The van der Waals surface area contributed by atoms with Crippen LogP contribution < -0.4 is 11.1 Å². The van der Waals surface area contributed by atoms with Gasteiger partial charge in [0.05, 0.1) is 12.3 Å². The van der Waals surface area contributed by atoms with Crippen molar-refractivity contribution in [2.24, 2.45) is 5.92 Å². The molecule has 0 spiro atoms. The van der Waals surface area contributed by atoms with E-state index in [9.17, 15) is 0 Å². The Bertz CT molecular complexity index is 364. The zero-order valence-electron chi connectivity index (χ0n) is 9.25. The molecule has 0 saturated heterocycles. The van der Waals surface area contributed by atoms with Crippen molar-refractivity contribution in [3.05, 3.63) is 29.6 Å². The molecule has 0 aliphatic rings. The molecule has 3 heteroatoms. The second-order valence-electron chi connectivity index (χ2n) is 3.99. The fourth-order valence-electron chi connectivity index (χ4n) is 1.28. The highest BCUT2D eigenvalue weighted by Gasteiger charge is 2.00. The molecule has 0 bridgehead atoms. The van der Waals surface area contributed by atoms with E-state index in [1.807, 2.05) is 6.07 Å². The van der Waals surface area contributed by atoms with Crippen LogP contribution in [-0.4, -0.2) is 6.54 Å². The lowest BCUT2D eigenvalue weighted by atomic mass is 10.1. The monoisotopic (exact) mass is 203 g/mol. The van der Waals surface area contributed by atoms with Crippen molar-refractivity contribution < 1.29 is 0 Å². The van der Waals surface area contributed by atoms with Gasteiger partial charge in [-0.3, -0.25) is 0 Å². The average Bonchev–Trinajstić information content (AvgIpc) is 2.20. The Morgan fingerprint density at radius 1 is 1.47 bits per heavy atom. The van der Waals surface area contributed by atoms with Crippen LogP contribution in [0.25, 0.3) is 4.85 Å². The van der Waals surface area contributed by atoms with Crippen molar-refractivity contribution in [3.63, 3.8) is 0 Å². The normalized spacial score (nSPS) is 10.0. The van der Waals surface area contributed by atoms with Crippen LogP contribution in [0.5, 0.6) is 0 Å². The first kappa shape index (κ1) is 11.4. The van der Waals surface area contributed by atoms with Crippen LogP contribution in [0.4, 0.5) is 17.1 Å². The van der Waals surface area contributed by atoms with Gasteiger partial charge in [-0.15, -0.1) is 0 Å². The zero-order chi connectivity index (χ0) is 11.3. The summed E-state index contributed by atoms with van der Waals surface area (Å²) < 4.78 is 0. The van der Waals surface area contributed by atoms with Gasteiger partial charge in [-0.05, 0) is 24.5 Å². The Hall–Kier alpha value is -1.69. The van der Waals surface area contributed by atoms with Gasteiger partial charge < -0.3 is 11.1 Å². The Balaban J connectivity index is 2.59. The summed E-state index contributed by atoms with van der Waals surface area (Å²) >= 11 is 0. The van der Waals surface area contributed by atoms with Crippen LogP contribution in [0.15, 0.2) is 18.2 Å². The molecule has 0 radical (unpaired) electrons. The molecule has 1 aromatic carbocycles. The second-order valence-corrected chi connectivity index (χ2v) is 3.99. The molecule has 80 valence electrons. The van der Waals surface area contributed by atoms with Crippen molar-refractivity contribution in [3.8, 4) is 0 Å². The van der Waals surface area contributed by atoms with E-state index in [4.69, 9.17) is 12.3 Å². The lowest BCUT2D eigenvalue weighted by Gasteiger charge is -2.10. The fourth-order valence-corrected chi connectivity index (χ4v) is 1.28. The van der Waals surface area contributed by atoms with Crippen LogP contribution in [0, 0.1) is 12.5 Å². The molecule has 0 aliphatic carbocycles. The standard InChI is InChI=1S/C12H17N3/c1-9(2)6-7-15-12-5-4-10(14-3)8-11(12)13/h4-5,8-9,15H,6-7,13H2,1-2H3. The van der Waals surface area contributed by atoms with Gasteiger partial charge in [-0.1, -0.05) is 19.9 Å². The Morgan fingerprint density at radius 3 is 2.73 bits per heavy atom. The van der Waals surface area contributed by atoms with Crippen molar-refractivity contribution >= 4 is 17.1 Å². The highest BCUT2D eigenvalue weighted by Crippen LogP contribution is 2.24. The molecule has 0 aromatic heterocycles. The summed E-state index contributed by atoms with van der Waals surface area (Å²) in [5.74, 6) is 0.682. The maximum absolute atomic E-state index is 6.85. The minimum atomic E-state index is 0.585. The van der Waals surface area contributed by atoms with E-state index in [1.165, 1.54) is 0 Å². The minimum Gasteiger partial charge on any atom is -0.398 e. The lowest BCUT2D eigenvalue weighted by Crippen LogP contribution is -2.06. The maximum Gasteiger partial charge on any atom is 0.189 e. The smallest absolute Gasteiger partial charge is 0.189 e. The highest BCUT2D eigenvalue weighted by atomic mass is 14.9. The topological polar surface area (TPSA) is 42.4 Å². The Labute approximate surface area is 91.1 Å². The van der Waals surface area contributed by atoms with Crippen LogP contribution >= 0.6 is 0 Å². The van der Waals surface area contributed by atoms with Crippen LogP contribution in [0.2, 0.25) is 0 Å². The molecule has 0 saturated carbocycles. The molecular formula is C12H17N3. The fraction of sp³-hybridized carbons (Fsp3) is 0.417. The Kier molecular flexibility index (Phi) is 3.99. The number of hydrogen-bond donors (Lipinski definition) is 2. The maximum atomic E-state index is 6.85. The molecule has 0 unspecified atom stereocenters. The summed E-state index contributed by atoms with van der Waals surface area (Å²) in [6.07, 6.45) is 1.12. The number of nitrogens with one attached hydrogen (secondary N) is 1. The molecule has 0 aliphatic heterocycles. The number of hydrogen-bond acceptors (Lipinski definition) is 2. The molecular weight excluding hydrogens is 186 g/mol. The molecule has 15 heavy (non-hydrogen) atoms. The van der Waals surface area contributed by atoms with Crippen LogP contribution in [0.3, 0.4) is 0 Å². The van der Waals surface area contributed by atoms with Crippen molar-refractivity contribution in [1.82, 2.24) is 0 Å². The summed E-state index contributed by atoms with van der Waals surface area (Å²) in [5.41, 5.74) is 7.96. The second kappa shape index (κ2) is 5.26. The van der Waals surface area contributed by atoms with E-state index in [0.29, 0.717) is 17.3 Å². The third-order valence-corrected chi connectivity index (χ3v) is 2.20. The summed E-state index contributed by atoms with van der Waals surface area (Å²) in [7, 11) is 0. The summed E-state index contributed by atoms with van der Waals surface area (Å²) in [5, 5.41) is 3.27. The van der Waals surface area contributed by atoms with Gasteiger partial charge in [0.2, 0.25) is 0 Å². The number of rotatable bonds is 4. The number of nitrogens with two attached hydrogens (primary N) is 1. The SMILES string of the molecule is [C-]#[N+]c1ccc(NCCC(C)C)c(N)c1. The van der Waals surface area contributed by atoms with Crippen LogP contribution in [0.1, 0.15) is 20.3 Å². The average molecular weight is 203 g/mol. The molecule has 3 nitrogen and oxygen atoms in total. The first-order chi connectivity index (χ1) is 7.13. The predicted molar refractivity (Wildman–Crippen MR) is 65.1 cm³/mol. The van der Waals surface area contributed by atoms with Gasteiger partial charge in [0.25, 0.3) is 0 Å². The van der Waals surface area contributed by atoms with Gasteiger partial charge in [-0.2, -0.15) is 0 Å². The van der Waals surface area contributed by atoms with Crippen molar-refractivity contribution in [1.29, 1.82) is 0 Å². The van der Waals surface area contributed by atoms with Gasteiger partial charge in [0.1, 0.15) is 0 Å². The highest BCUT2D eigenvalue weighted by molar-refractivity contribution is 5.71. The quantitative estimate of drug-likeness (QED) is 0.582. The van der Waals surface area contributed by atoms with Gasteiger partial charge in [0.15, 0.2) is 5.69 Å². The molecule has 1 rings (SSSR count). The third-order valence-electron chi connectivity index (χ3n) is 2.20. The Morgan fingerprint density at radius 2 is 2.20 bits per heavy atom. The molecule has 0 amide bonds. The molecule has 1 aromatic rings. The first-order valence-electron chi connectivity index (χ1n) is 5.14. The summed E-state index contributed by atoms with van der Waals surface area (Å²) in [6, 6.07) is 5.34. The first-order valence-corrected chi connectivity index (χ1v) is 5.14. The van der Waals surface area contributed by atoms with Gasteiger partial charge >= 0.3 is 0 Å². The van der Waals surface area contributed by atoms with Crippen LogP contribution in [-0.2, 0) is 0 Å². The largest absolute Gasteiger partial charge is 0.398 e. The third kappa shape index (κ3) is 3.51. The summed E-state index contributed by atoms with van der Waals surface area (Å²) in [6.45, 7) is 12.1. The number of nitrogens with zero attached hydrogens (tertiary/aromatic N) is 1. The van der Waals surface area contributed by atoms with E-state index in [-0.39, 0.29) is 0 Å². The number of nitrogen functional groups attached to an aromatic ring is 1. The van der Waals surface area contributed by atoms with E-state index in [2.05, 4.69) is 24.0 Å². The number of benzene rings is 1. The van der Waals surface area contributed by atoms with Crippen molar-refractivity contribution in [2.75, 3.05) is 17.6 Å². The lowest BCUT2D eigenvalue weighted by molar-refractivity contribution is 0.607. The predicted octanol–water partition coefficient (Wildman–Crippen LogP) is 3.28. The van der Waals surface area contributed by atoms with E-state index in [1.54, 1.807) is 12.1 Å². The van der Waals surface area contributed by atoms with E-state index in [0.717, 1.165) is 18.7 Å². The van der Waals surface area contributed by atoms with Crippen molar-refractivity contribution in [2.45, 2.75) is 20.3 Å².